The van der Waals surface area contributed by atoms with Crippen LogP contribution >= 0.6 is 0 Å². The van der Waals surface area contributed by atoms with E-state index in [2.05, 4.69) is 6.58 Å². The first-order valence-corrected chi connectivity index (χ1v) is 3.89. The van der Waals surface area contributed by atoms with Crippen LogP contribution in [0, 0.1) is 10.1 Å². The second-order valence-corrected chi connectivity index (χ2v) is 2.72. The maximum Gasteiger partial charge on any atom is 0.367 e. The van der Waals surface area contributed by atoms with Gasteiger partial charge in [0, 0.05) is 11.5 Å². The van der Waals surface area contributed by atoms with E-state index in [1.54, 1.807) is 5.32 Å². The molecule has 1 saturated heterocycles. The Hall–Kier alpha value is -2.25. The first-order valence-electron chi connectivity index (χ1n) is 3.89. The van der Waals surface area contributed by atoms with Gasteiger partial charge in [0.2, 0.25) is 0 Å². The molecule has 0 spiro atoms. The van der Waals surface area contributed by atoms with Crippen molar-refractivity contribution >= 4 is 17.8 Å². The van der Waals surface area contributed by atoms with Crippen LogP contribution in [0.3, 0.4) is 0 Å². The standard InChI is InChI=1S/C7H7N3O5/c1-2-3-9-6(12)4(10(14)15)5(11)8-7(9)13/h2,4H,1,3H2,(H,8,11,13). The van der Waals surface area contributed by atoms with Gasteiger partial charge in [-0.25, -0.2) is 4.79 Å². The summed E-state index contributed by atoms with van der Waals surface area (Å²) in [6.07, 6.45) is 1.23. The van der Waals surface area contributed by atoms with E-state index < -0.39 is 28.8 Å². The lowest BCUT2D eigenvalue weighted by Gasteiger charge is -2.24. The van der Waals surface area contributed by atoms with E-state index in [-0.39, 0.29) is 6.54 Å². The molecule has 8 nitrogen and oxygen atoms in total. The summed E-state index contributed by atoms with van der Waals surface area (Å²) < 4.78 is 0. The highest BCUT2D eigenvalue weighted by Crippen LogP contribution is 2.06. The largest absolute Gasteiger partial charge is 0.367 e. The van der Waals surface area contributed by atoms with Crippen LogP contribution in [0.25, 0.3) is 0 Å². The number of nitro groups is 1. The Labute approximate surface area is 83.7 Å². The fraction of sp³-hybridized carbons (Fsp3) is 0.286. The molecule has 0 radical (unpaired) electrons. The van der Waals surface area contributed by atoms with E-state index in [0.717, 1.165) is 0 Å². The lowest BCUT2D eigenvalue weighted by Crippen LogP contribution is -2.62. The van der Waals surface area contributed by atoms with Gasteiger partial charge >= 0.3 is 23.9 Å². The number of urea groups is 1. The normalized spacial score (nSPS) is 21.2. The van der Waals surface area contributed by atoms with Crippen LogP contribution in [0.5, 0.6) is 0 Å². The van der Waals surface area contributed by atoms with E-state index in [1.807, 2.05) is 0 Å². The number of nitrogens with zero attached hydrogens (tertiary/aromatic N) is 2. The molecule has 1 fully saturated rings. The number of nitrogens with one attached hydrogen (secondary N) is 1. The molecule has 4 amide bonds. The van der Waals surface area contributed by atoms with Gasteiger partial charge in [0.05, 0.1) is 0 Å². The second kappa shape index (κ2) is 3.86. The molecule has 1 heterocycles. The maximum absolute atomic E-state index is 11.3. The zero-order valence-corrected chi connectivity index (χ0v) is 7.50. The Morgan fingerprint density at radius 1 is 1.53 bits per heavy atom. The van der Waals surface area contributed by atoms with Gasteiger partial charge in [-0.3, -0.25) is 29.9 Å². The minimum Gasteiger partial charge on any atom is -0.271 e. The highest BCUT2D eigenvalue weighted by Gasteiger charge is 2.48. The van der Waals surface area contributed by atoms with Crippen molar-refractivity contribution in [2.24, 2.45) is 0 Å². The Morgan fingerprint density at radius 3 is 2.60 bits per heavy atom. The molecule has 0 aliphatic carbocycles. The van der Waals surface area contributed by atoms with Gasteiger partial charge in [0.25, 0.3) is 0 Å². The fourth-order valence-electron chi connectivity index (χ4n) is 1.09. The molecule has 1 N–H and O–H groups in total. The lowest BCUT2D eigenvalue weighted by molar-refractivity contribution is -0.495. The average Bonchev–Trinajstić information content (AvgIpc) is 2.11. The predicted molar refractivity (Wildman–Crippen MR) is 46.2 cm³/mol. The third kappa shape index (κ3) is 1.82. The molecule has 1 rings (SSSR count). The van der Waals surface area contributed by atoms with Crippen LogP contribution < -0.4 is 5.32 Å². The Morgan fingerprint density at radius 2 is 2.13 bits per heavy atom. The van der Waals surface area contributed by atoms with Crippen molar-refractivity contribution < 1.29 is 19.3 Å². The highest BCUT2D eigenvalue weighted by molar-refractivity contribution is 6.17. The molecule has 15 heavy (non-hydrogen) atoms. The molecule has 0 aromatic carbocycles. The van der Waals surface area contributed by atoms with Crippen LogP contribution in [0.4, 0.5) is 4.79 Å². The summed E-state index contributed by atoms with van der Waals surface area (Å²) >= 11 is 0. The third-order valence-electron chi connectivity index (χ3n) is 1.75. The Balaban J connectivity index is 2.99. The predicted octanol–water partition coefficient (Wildman–Crippen LogP) is -1.10. The molecule has 80 valence electrons. The molecule has 0 saturated carbocycles. The van der Waals surface area contributed by atoms with Crippen LogP contribution in [-0.4, -0.2) is 40.3 Å². The molecule has 0 aromatic heterocycles. The summed E-state index contributed by atoms with van der Waals surface area (Å²) in [6, 6.07) is -3.02. The fourth-order valence-corrected chi connectivity index (χ4v) is 1.09. The molecule has 1 aliphatic rings. The quantitative estimate of drug-likeness (QED) is 0.277. The Bertz CT molecular complexity index is 364. The lowest BCUT2D eigenvalue weighted by atomic mass is 10.2. The minimum absolute atomic E-state index is 0.178. The van der Waals surface area contributed by atoms with E-state index in [1.165, 1.54) is 6.08 Å². The number of hydrogen-bond acceptors (Lipinski definition) is 5. The number of carbonyl (C=O) groups is 3. The molecule has 1 aliphatic heterocycles. The monoisotopic (exact) mass is 213 g/mol. The van der Waals surface area contributed by atoms with E-state index in [0.29, 0.717) is 4.90 Å². The van der Waals surface area contributed by atoms with Crippen molar-refractivity contribution in [3.63, 3.8) is 0 Å². The van der Waals surface area contributed by atoms with Crippen molar-refractivity contribution in [3.8, 4) is 0 Å². The van der Waals surface area contributed by atoms with Gasteiger partial charge in [0.1, 0.15) is 0 Å². The number of hydrogen-bond donors (Lipinski definition) is 1. The molecule has 1 atom stereocenters. The molecule has 0 bridgehead atoms. The van der Waals surface area contributed by atoms with E-state index in [9.17, 15) is 24.5 Å². The summed E-state index contributed by atoms with van der Waals surface area (Å²) in [4.78, 5) is 43.3. The molecule has 1 unspecified atom stereocenters. The van der Waals surface area contributed by atoms with E-state index >= 15 is 0 Å². The van der Waals surface area contributed by atoms with Crippen molar-refractivity contribution in [1.29, 1.82) is 0 Å². The van der Waals surface area contributed by atoms with Gasteiger partial charge < -0.3 is 0 Å². The first-order chi connectivity index (χ1) is 6.99. The third-order valence-corrected chi connectivity index (χ3v) is 1.75. The average molecular weight is 213 g/mol. The van der Waals surface area contributed by atoms with Crippen molar-refractivity contribution in [3.05, 3.63) is 22.8 Å². The minimum atomic E-state index is -2.05. The number of barbiturate groups is 1. The summed E-state index contributed by atoms with van der Waals surface area (Å²) in [6.45, 7) is 3.11. The first kappa shape index (κ1) is 10.8. The zero-order valence-electron chi connectivity index (χ0n) is 7.50. The van der Waals surface area contributed by atoms with Crippen molar-refractivity contribution in [1.82, 2.24) is 10.2 Å². The molecule has 0 aromatic rings. The van der Waals surface area contributed by atoms with Gasteiger partial charge in [-0.05, 0) is 0 Å². The van der Waals surface area contributed by atoms with Crippen LogP contribution in [-0.2, 0) is 9.59 Å². The number of carbonyl (C=O) groups excluding carboxylic acids is 3. The van der Waals surface area contributed by atoms with Gasteiger partial charge in [-0.15, -0.1) is 6.58 Å². The van der Waals surface area contributed by atoms with Crippen molar-refractivity contribution in [2.45, 2.75) is 6.04 Å². The second-order valence-electron chi connectivity index (χ2n) is 2.72. The van der Waals surface area contributed by atoms with Crippen molar-refractivity contribution in [2.75, 3.05) is 6.54 Å². The van der Waals surface area contributed by atoms with Gasteiger partial charge in [-0.1, -0.05) is 6.08 Å². The molecular formula is C7H7N3O5. The molecule has 8 heteroatoms. The zero-order chi connectivity index (χ0) is 11.6. The van der Waals surface area contributed by atoms with Crippen LogP contribution in [0.1, 0.15) is 0 Å². The smallest absolute Gasteiger partial charge is 0.271 e. The summed E-state index contributed by atoms with van der Waals surface area (Å²) in [5, 5.41) is 12.1. The summed E-state index contributed by atoms with van der Waals surface area (Å²) in [5.74, 6) is -2.36. The SMILES string of the molecule is C=CCN1C(=O)NC(=O)C([N+](=O)[O-])C1=O. The van der Waals surface area contributed by atoms with Crippen LogP contribution in [0.2, 0.25) is 0 Å². The number of amides is 4. The highest BCUT2D eigenvalue weighted by atomic mass is 16.6. The van der Waals surface area contributed by atoms with E-state index in [4.69, 9.17) is 0 Å². The summed E-state index contributed by atoms with van der Waals surface area (Å²) in [5.41, 5.74) is 0. The maximum atomic E-state index is 11.3. The Kier molecular flexibility index (Phi) is 2.79. The van der Waals surface area contributed by atoms with Gasteiger partial charge in [0.15, 0.2) is 0 Å². The topological polar surface area (TPSA) is 110 Å². The van der Waals surface area contributed by atoms with Gasteiger partial charge in [-0.2, -0.15) is 0 Å². The van der Waals surface area contributed by atoms with Crippen LogP contribution in [0.15, 0.2) is 12.7 Å². The molecular weight excluding hydrogens is 206 g/mol. The summed E-state index contributed by atoms with van der Waals surface area (Å²) in [7, 11) is 0. The number of rotatable bonds is 3. The number of imide groups is 2.